The molecule has 25 heavy (non-hydrogen) atoms. The second kappa shape index (κ2) is 6.42. The van der Waals surface area contributed by atoms with E-state index in [4.69, 9.17) is 11.6 Å². The highest BCUT2D eigenvalue weighted by molar-refractivity contribution is 8.14. The van der Waals surface area contributed by atoms with Crippen LogP contribution in [0.5, 0.6) is 0 Å². The van der Waals surface area contributed by atoms with Crippen LogP contribution in [0.25, 0.3) is 0 Å². The minimum Gasteiger partial charge on any atom is -0.315 e. The second-order valence-corrected chi connectivity index (χ2v) is 10.3. The van der Waals surface area contributed by atoms with E-state index in [1.54, 1.807) is 11.1 Å². The Bertz CT molecular complexity index is 644. The van der Waals surface area contributed by atoms with Gasteiger partial charge in [-0.1, -0.05) is 41.5 Å². The van der Waals surface area contributed by atoms with Crippen molar-refractivity contribution in [2.24, 2.45) is 35.0 Å². The summed E-state index contributed by atoms with van der Waals surface area (Å²) in [7, 11) is 0. The van der Waals surface area contributed by atoms with Crippen LogP contribution in [0, 0.1) is 35.0 Å². The number of allylic oxidation sites excluding steroid dienone is 4. The maximum absolute atomic E-state index is 13.1. The molecule has 5 aliphatic rings. The summed E-state index contributed by atoms with van der Waals surface area (Å²) in [4.78, 5) is 13.1. The number of thioether (sulfide) groups is 1. The van der Waals surface area contributed by atoms with Gasteiger partial charge in [-0.25, -0.2) is 0 Å². The summed E-state index contributed by atoms with van der Waals surface area (Å²) >= 11 is 7.28. The first-order chi connectivity index (χ1) is 12.3. The zero-order valence-corrected chi connectivity index (χ0v) is 16.4. The predicted octanol–water partition coefficient (Wildman–Crippen LogP) is 4.75. The number of hydrogen-bond acceptors (Lipinski definition) is 3. The minimum absolute atomic E-state index is 0.146. The highest BCUT2D eigenvalue weighted by atomic mass is 35.5. The lowest BCUT2D eigenvalue weighted by Gasteiger charge is -2.46. The largest absolute Gasteiger partial charge is 0.315 e. The molecular weight excluding hydrogens is 350 g/mol. The molecule has 0 aromatic heterocycles. The molecule has 1 saturated heterocycles. The van der Waals surface area contributed by atoms with Crippen molar-refractivity contribution in [2.75, 3.05) is 18.3 Å². The molecular formula is C21H28ClNOS. The summed E-state index contributed by atoms with van der Waals surface area (Å²) in [5, 5.41) is 4.31. The molecule has 1 aliphatic heterocycles. The molecule has 0 amide bonds. The normalized spacial score (nSPS) is 44.9. The van der Waals surface area contributed by atoms with Crippen molar-refractivity contribution in [1.82, 2.24) is 5.32 Å². The highest BCUT2D eigenvalue weighted by Crippen LogP contribution is 2.63. The molecule has 3 saturated carbocycles. The Balaban J connectivity index is 1.49. The third-order valence-electron chi connectivity index (χ3n) is 8.12. The number of halogens is 1. The summed E-state index contributed by atoms with van der Waals surface area (Å²) in [6.07, 6.45) is 14.2. The lowest BCUT2D eigenvalue weighted by molar-refractivity contribution is -0.122. The quantitative estimate of drug-likeness (QED) is 0.704. The minimum atomic E-state index is -0.146. The Labute approximate surface area is 160 Å². The van der Waals surface area contributed by atoms with Gasteiger partial charge in [-0.3, -0.25) is 4.79 Å². The van der Waals surface area contributed by atoms with E-state index in [-0.39, 0.29) is 5.41 Å². The van der Waals surface area contributed by atoms with Crippen LogP contribution < -0.4 is 5.32 Å². The van der Waals surface area contributed by atoms with E-state index in [1.807, 2.05) is 0 Å². The third-order valence-corrected chi connectivity index (χ3v) is 9.19. The van der Waals surface area contributed by atoms with Gasteiger partial charge in [0, 0.05) is 6.54 Å². The Kier molecular flexibility index (Phi) is 4.34. The zero-order chi connectivity index (χ0) is 17.0. The molecule has 0 aromatic rings. The van der Waals surface area contributed by atoms with Crippen molar-refractivity contribution >= 4 is 28.5 Å². The van der Waals surface area contributed by atoms with Gasteiger partial charge in [0.15, 0.2) is 5.12 Å². The van der Waals surface area contributed by atoms with Gasteiger partial charge in [-0.2, -0.15) is 0 Å². The van der Waals surface area contributed by atoms with E-state index in [2.05, 4.69) is 17.5 Å². The van der Waals surface area contributed by atoms with Crippen LogP contribution in [0.2, 0.25) is 0 Å². The Morgan fingerprint density at radius 1 is 1.20 bits per heavy atom. The topological polar surface area (TPSA) is 29.1 Å². The molecule has 6 unspecified atom stereocenters. The smallest absolute Gasteiger partial charge is 0.198 e. The summed E-state index contributed by atoms with van der Waals surface area (Å²) in [5.41, 5.74) is 3.29. The molecule has 0 radical (unpaired) electrons. The van der Waals surface area contributed by atoms with Crippen molar-refractivity contribution in [1.29, 1.82) is 0 Å². The lowest BCUT2D eigenvalue weighted by atomic mass is 9.58. The van der Waals surface area contributed by atoms with Gasteiger partial charge in [0.1, 0.15) is 0 Å². The number of hydrogen-bond donors (Lipinski definition) is 1. The first-order valence-corrected chi connectivity index (χ1v) is 11.6. The fourth-order valence-electron chi connectivity index (χ4n) is 7.15. The number of rotatable bonds is 2. The molecule has 0 bridgehead atoms. The standard InChI is InChI=1S/C21H28ClNOS/c22-12-25-20(24)21-11-23-10-14(21)9-18-17-6-5-13-3-1-2-4-15(13)16(17)7-8-19(18)21/h5-6,14-16,18-19,23H,1-4,7-12H2. The van der Waals surface area contributed by atoms with Gasteiger partial charge in [-0.05, 0) is 74.7 Å². The molecule has 6 atom stereocenters. The van der Waals surface area contributed by atoms with Crippen LogP contribution in [0.4, 0.5) is 0 Å². The Morgan fingerprint density at radius 2 is 2.12 bits per heavy atom. The summed E-state index contributed by atoms with van der Waals surface area (Å²) < 4.78 is 0. The van der Waals surface area contributed by atoms with Crippen molar-refractivity contribution in [3.63, 3.8) is 0 Å². The maximum Gasteiger partial charge on any atom is 0.198 e. The van der Waals surface area contributed by atoms with E-state index in [9.17, 15) is 4.79 Å². The fourth-order valence-corrected chi connectivity index (χ4v) is 8.21. The first-order valence-electron chi connectivity index (χ1n) is 10.1. The van der Waals surface area contributed by atoms with E-state index in [1.165, 1.54) is 56.7 Å². The van der Waals surface area contributed by atoms with Crippen LogP contribution in [-0.4, -0.2) is 23.4 Å². The Hall–Kier alpha value is -0.250. The van der Waals surface area contributed by atoms with Crippen LogP contribution in [0.1, 0.15) is 44.9 Å². The van der Waals surface area contributed by atoms with E-state index in [0.29, 0.717) is 28.1 Å². The van der Waals surface area contributed by atoms with Crippen LogP contribution in [-0.2, 0) is 4.79 Å². The van der Waals surface area contributed by atoms with Gasteiger partial charge in [-0.15, -0.1) is 11.6 Å². The van der Waals surface area contributed by atoms with E-state index in [0.717, 1.165) is 24.9 Å². The summed E-state index contributed by atoms with van der Waals surface area (Å²) in [6.45, 7) is 1.90. The van der Waals surface area contributed by atoms with Gasteiger partial charge in [0.25, 0.3) is 0 Å². The number of fused-ring (bicyclic) bond motifs is 7. The lowest BCUT2D eigenvalue weighted by Crippen LogP contribution is -2.44. The second-order valence-electron chi connectivity index (χ2n) is 8.80. The predicted molar refractivity (Wildman–Crippen MR) is 105 cm³/mol. The van der Waals surface area contributed by atoms with Gasteiger partial charge < -0.3 is 5.32 Å². The van der Waals surface area contributed by atoms with Gasteiger partial charge >= 0.3 is 0 Å². The van der Waals surface area contributed by atoms with Gasteiger partial charge in [0.2, 0.25) is 0 Å². The summed E-state index contributed by atoms with van der Waals surface area (Å²) in [6, 6.07) is 0. The molecule has 0 aromatic carbocycles. The SMILES string of the molecule is O=C(SCCl)C12CNCC1CC1C3=CC=C4CCCCC4C3CCC12. The van der Waals surface area contributed by atoms with Crippen molar-refractivity contribution < 1.29 is 4.79 Å². The monoisotopic (exact) mass is 377 g/mol. The van der Waals surface area contributed by atoms with Crippen molar-refractivity contribution in [3.8, 4) is 0 Å². The highest BCUT2D eigenvalue weighted by Gasteiger charge is 2.63. The zero-order valence-electron chi connectivity index (χ0n) is 14.8. The van der Waals surface area contributed by atoms with E-state index >= 15 is 0 Å². The Morgan fingerprint density at radius 3 is 3.00 bits per heavy atom. The number of carbonyl (C=O) groups is 1. The maximum atomic E-state index is 13.1. The molecule has 136 valence electrons. The number of carbonyl (C=O) groups excluding carboxylic acids is 1. The van der Waals surface area contributed by atoms with E-state index < -0.39 is 0 Å². The first kappa shape index (κ1) is 16.9. The van der Waals surface area contributed by atoms with Crippen LogP contribution in [0.15, 0.2) is 23.3 Å². The number of nitrogens with one attached hydrogen (secondary N) is 1. The molecule has 1 heterocycles. The van der Waals surface area contributed by atoms with Crippen LogP contribution in [0.3, 0.4) is 0 Å². The average molecular weight is 378 g/mol. The molecule has 1 N–H and O–H groups in total. The van der Waals surface area contributed by atoms with Gasteiger partial charge in [0.05, 0.1) is 10.6 Å². The molecule has 4 aliphatic carbocycles. The summed E-state index contributed by atoms with van der Waals surface area (Å²) in [5.74, 6) is 3.29. The molecule has 4 heteroatoms. The molecule has 2 nitrogen and oxygen atoms in total. The van der Waals surface area contributed by atoms with Crippen molar-refractivity contribution in [3.05, 3.63) is 23.3 Å². The van der Waals surface area contributed by atoms with Crippen molar-refractivity contribution in [2.45, 2.75) is 44.9 Å². The molecule has 4 fully saturated rings. The molecule has 5 rings (SSSR count). The molecule has 0 spiro atoms. The third kappa shape index (κ3) is 2.38. The number of alkyl halides is 1. The average Bonchev–Trinajstić information content (AvgIpc) is 3.19. The van der Waals surface area contributed by atoms with Crippen LogP contribution >= 0.6 is 23.4 Å². The fraction of sp³-hybridized carbons (Fsp3) is 0.762.